The second-order valence-corrected chi connectivity index (χ2v) is 9.51. The maximum Gasteiger partial charge on any atom is 0.342 e. The third-order valence-electron chi connectivity index (χ3n) is 5.36. The molecular formula is C25H26NO5P. The minimum absolute atomic E-state index is 0.189. The largest absolute Gasteiger partial charge is 0.423 e. The van der Waals surface area contributed by atoms with E-state index in [0.717, 1.165) is 16.5 Å². The van der Waals surface area contributed by atoms with Gasteiger partial charge < -0.3 is 19.1 Å². The summed E-state index contributed by atoms with van der Waals surface area (Å²) in [7, 11) is -3.73. The predicted molar refractivity (Wildman–Crippen MR) is 126 cm³/mol. The van der Waals surface area contributed by atoms with Gasteiger partial charge in [-0.15, -0.1) is 0 Å². The first-order valence-electron chi connectivity index (χ1n) is 10.6. The topological polar surface area (TPSA) is 73.9 Å². The maximum atomic E-state index is 13.9. The van der Waals surface area contributed by atoms with Gasteiger partial charge in [-0.05, 0) is 38.3 Å². The number of hydrogen-bond donors (Lipinski definition) is 1. The predicted octanol–water partition coefficient (Wildman–Crippen LogP) is 6.45. The van der Waals surface area contributed by atoms with Crippen LogP contribution < -0.4 is 10.1 Å². The summed E-state index contributed by atoms with van der Waals surface area (Å²) in [5, 5.41) is 5.42. The van der Waals surface area contributed by atoms with E-state index in [1.54, 1.807) is 39.0 Å². The van der Waals surface area contributed by atoms with Crippen molar-refractivity contribution in [3.8, 4) is 5.75 Å². The molecule has 0 aromatic heterocycles. The summed E-state index contributed by atoms with van der Waals surface area (Å²) in [5.74, 6) is -0.206. The molecule has 1 aliphatic heterocycles. The Kier molecular flexibility index (Phi) is 6.47. The first-order valence-corrected chi connectivity index (χ1v) is 12.2. The number of ether oxygens (including phenoxy) is 1. The number of para-hydroxylation sites is 1. The van der Waals surface area contributed by atoms with Crippen LogP contribution in [-0.2, 0) is 18.4 Å². The normalized spacial score (nSPS) is 17.6. The number of carbonyl (C=O) groups is 1. The monoisotopic (exact) mass is 451 g/mol. The van der Waals surface area contributed by atoms with E-state index in [4.69, 9.17) is 13.8 Å². The van der Waals surface area contributed by atoms with E-state index in [2.05, 4.69) is 5.32 Å². The zero-order chi connectivity index (χ0) is 22.7. The number of anilines is 1. The lowest BCUT2D eigenvalue weighted by Gasteiger charge is -2.33. The van der Waals surface area contributed by atoms with E-state index in [9.17, 15) is 9.36 Å². The van der Waals surface area contributed by atoms with Gasteiger partial charge in [0.2, 0.25) is 0 Å². The number of carbonyl (C=O) groups excluding carboxylic acids is 1. The van der Waals surface area contributed by atoms with E-state index in [1.807, 2.05) is 48.5 Å². The van der Waals surface area contributed by atoms with Gasteiger partial charge in [0, 0.05) is 22.3 Å². The molecule has 0 spiro atoms. The molecule has 0 radical (unpaired) electrons. The van der Waals surface area contributed by atoms with Crippen LogP contribution in [0.2, 0.25) is 0 Å². The number of nitrogens with one attached hydrogen (secondary N) is 1. The molecule has 0 saturated carbocycles. The molecule has 0 fully saturated rings. The minimum Gasteiger partial charge on any atom is -0.423 e. The highest BCUT2D eigenvalue weighted by Crippen LogP contribution is 2.66. The summed E-state index contributed by atoms with van der Waals surface area (Å²) in [6.45, 7) is 5.66. The Morgan fingerprint density at radius 3 is 2.38 bits per heavy atom. The molecule has 32 heavy (non-hydrogen) atoms. The molecule has 7 heteroatoms. The molecular weight excluding hydrogens is 425 g/mol. The Balaban J connectivity index is 1.88. The fraction of sp³-hybridized carbons (Fsp3) is 0.240. The van der Waals surface area contributed by atoms with Crippen LogP contribution in [0.5, 0.6) is 5.75 Å². The minimum atomic E-state index is -3.73. The smallest absolute Gasteiger partial charge is 0.342 e. The van der Waals surface area contributed by atoms with E-state index < -0.39 is 19.2 Å². The molecule has 0 aliphatic carbocycles. The fourth-order valence-electron chi connectivity index (χ4n) is 4.06. The molecule has 6 nitrogen and oxygen atoms in total. The van der Waals surface area contributed by atoms with E-state index >= 15 is 0 Å². The van der Waals surface area contributed by atoms with Crippen molar-refractivity contribution < 1.29 is 23.1 Å². The molecule has 166 valence electrons. The summed E-state index contributed by atoms with van der Waals surface area (Å²) >= 11 is 0. The van der Waals surface area contributed by atoms with Crippen molar-refractivity contribution in [1.29, 1.82) is 0 Å². The number of benzene rings is 3. The fourth-order valence-corrected chi connectivity index (χ4v) is 6.32. The zero-order valence-corrected chi connectivity index (χ0v) is 19.2. The van der Waals surface area contributed by atoms with Crippen LogP contribution in [0.15, 0.2) is 78.0 Å². The first kappa shape index (κ1) is 22.3. The van der Waals surface area contributed by atoms with Crippen molar-refractivity contribution in [2.24, 2.45) is 0 Å². The van der Waals surface area contributed by atoms with Crippen LogP contribution in [0.1, 0.15) is 32.0 Å². The average Bonchev–Trinajstić information content (AvgIpc) is 2.78. The number of esters is 1. The standard InChI is InChI=1S/C25H26NO5P/c1-4-29-32(28,30-5-2)24-20-14-8-9-16-22(20)31-25(27)23(24)17(3)26-21-15-10-12-18-11-6-7-13-19(18)21/h6-16,24,26H,4-5H2,1-3H3. The van der Waals surface area contributed by atoms with Crippen LogP contribution >= 0.6 is 7.60 Å². The second-order valence-electron chi connectivity index (χ2n) is 7.40. The lowest BCUT2D eigenvalue weighted by molar-refractivity contribution is -0.131. The van der Waals surface area contributed by atoms with Crippen LogP contribution in [0, 0.1) is 0 Å². The molecule has 0 saturated heterocycles. The molecule has 3 aromatic carbocycles. The summed E-state index contributed by atoms with van der Waals surface area (Å²) in [6, 6.07) is 20.9. The molecule has 1 N–H and O–H groups in total. The quantitative estimate of drug-likeness (QED) is 0.193. The average molecular weight is 451 g/mol. The molecule has 1 unspecified atom stereocenters. The summed E-state index contributed by atoms with van der Waals surface area (Å²) in [6.07, 6.45) is 0. The highest BCUT2D eigenvalue weighted by Gasteiger charge is 2.47. The van der Waals surface area contributed by atoms with Crippen molar-refractivity contribution in [2.75, 3.05) is 18.5 Å². The Morgan fingerprint density at radius 1 is 0.969 bits per heavy atom. The van der Waals surface area contributed by atoms with Gasteiger partial charge in [-0.25, -0.2) is 4.79 Å². The summed E-state index contributed by atoms with van der Waals surface area (Å²) in [5.41, 5.74) is 1.31. The number of fused-ring (bicyclic) bond motifs is 2. The lowest BCUT2D eigenvalue weighted by atomic mass is 9.99. The van der Waals surface area contributed by atoms with E-state index in [0.29, 0.717) is 17.0 Å². The van der Waals surface area contributed by atoms with Crippen molar-refractivity contribution in [2.45, 2.75) is 26.4 Å². The van der Waals surface area contributed by atoms with Crippen LogP contribution in [0.25, 0.3) is 10.8 Å². The SMILES string of the molecule is CCOP(=O)(OCC)C1C(=C(C)Nc2cccc3ccccc23)C(=O)Oc2ccccc21. The van der Waals surface area contributed by atoms with Gasteiger partial charge in [-0.2, -0.15) is 0 Å². The van der Waals surface area contributed by atoms with Crippen LogP contribution in [0.4, 0.5) is 5.69 Å². The van der Waals surface area contributed by atoms with E-state index in [1.165, 1.54) is 0 Å². The number of allylic oxidation sites excluding steroid dienone is 1. The maximum absolute atomic E-state index is 13.9. The van der Waals surface area contributed by atoms with Gasteiger partial charge in [0.15, 0.2) is 0 Å². The lowest BCUT2D eigenvalue weighted by Crippen LogP contribution is -2.27. The second kappa shape index (κ2) is 9.29. The van der Waals surface area contributed by atoms with Gasteiger partial charge in [-0.1, -0.05) is 54.6 Å². The van der Waals surface area contributed by atoms with Gasteiger partial charge in [-0.3, -0.25) is 4.57 Å². The Hall–Kier alpha value is -2.92. The van der Waals surface area contributed by atoms with Crippen LogP contribution in [0.3, 0.4) is 0 Å². The Morgan fingerprint density at radius 2 is 1.62 bits per heavy atom. The third-order valence-corrected chi connectivity index (χ3v) is 7.76. The van der Waals surface area contributed by atoms with Crippen molar-refractivity contribution in [3.63, 3.8) is 0 Å². The van der Waals surface area contributed by atoms with Crippen LogP contribution in [-0.4, -0.2) is 19.2 Å². The number of hydrogen-bond acceptors (Lipinski definition) is 6. The Labute approximate surface area is 187 Å². The third kappa shape index (κ3) is 4.09. The van der Waals surface area contributed by atoms with Crippen molar-refractivity contribution >= 4 is 30.0 Å². The van der Waals surface area contributed by atoms with Gasteiger partial charge in [0.1, 0.15) is 11.4 Å². The van der Waals surface area contributed by atoms with Crippen molar-refractivity contribution in [3.05, 3.63) is 83.6 Å². The van der Waals surface area contributed by atoms with Crippen molar-refractivity contribution in [1.82, 2.24) is 0 Å². The summed E-state index contributed by atoms with van der Waals surface area (Å²) < 4.78 is 30.9. The molecule has 1 heterocycles. The van der Waals surface area contributed by atoms with Gasteiger partial charge in [0.25, 0.3) is 0 Å². The summed E-state index contributed by atoms with van der Waals surface area (Å²) in [4.78, 5) is 13.2. The molecule has 1 aliphatic rings. The highest BCUT2D eigenvalue weighted by atomic mass is 31.2. The van der Waals surface area contributed by atoms with Gasteiger partial charge in [0.05, 0.1) is 18.8 Å². The van der Waals surface area contributed by atoms with Gasteiger partial charge >= 0.3 is 13.6 Å². The molecule has 0 bridgehead atoms. The first-order chi connectivity index (χ1) is 15.5. The molecule has 0 amide bonds. The Bertz CT molecular complexity index is 1220. The molecule has 4 rings (SSSR count). The zero-order valence-electron chi connectivity index (χ0n) is 18.3. The number of rotatable bonds is 7. The van der Waals surface area contributed by atoms with E-state index in [-0.39, 0.29) is 18.8 Å². The molecule has 1 atom stereocenters. The molecule has 3 aromatic rings. The highest BCUT2D eigenvalue weighted by molar-refractivity contribution is 7.54.